The van der Waals surface area contributed by atoms with Crippen molar-refractivity contribution < 1.29 is 13.6 Å². The van der Waals surface area contributed by atoms with E-state index in [2.05, 4.69) is 33.9 Å². The van der Waals surface area contributed by atoms with Gasteiger partial charge in [0.2, 0.25) is 5.91 Å². The number of carbonyl (C=O) groups excluding carboxylic acids is 1. The normalized spacial score (nSPS) is 10.1. The van der Waals surface area contributed by atoms with Crippen LogP contribution < -0.4 is 5.32 Å². The van der Waals surface area contributed by atoms with Gasteiger partial charge in [-0.15, -0.1) is 0 Å². The van der Waals surface area contributed by atoms with Crippen LogP contribution in [-0.2, 0) is 4.79 Å². The molecule has 1 aromatic rings. The highest BCUT2D eigenvalue weighted by Gasteiger charge is 2.10. The Balaban J connectivity index is 2.86. The Kier molecular flexibility index (Phi) is 4.53. The van der Waals surface area contributed by atoms with Gasteiger partial charge in [-0.1, -0.05) is 0 Å². The van der Waals surface area contributed by atoms with E-state index in [0.717, 1.165) is 0 Å². The zero-order chi connectivity index (χ0) is 11.4. The number of rotatable bonds is 3. The SMILES string of the molecule is O=C(CCS)Nc1cc(Br)c(F)cc1F. The molecule has 0 atom stereocenters. The molecule has 0 radical (unpaired) electrons. The molecule has 1 amide bonds. The second-order valence-electron chi connectivity index (χ2n) is 2.77. The fraction of sp³-hybridized carbons (Fsp3) is 0.222. The first-order valence-corrected chi connectivity index (χ1v) is 5.52. The molecule has 0 aliphatic rings. The summed E-state index contributed by atoms with van der Waals surface area (Å²) in [5.74, 6) is -1.50. The van der Waals surface area contributed by atoms with Gasteiger partial charge < -0.3 is 5.32 Å². The lowest BCUT2D eigenvalue weighted by Gasteiger charge is -2.06. The minimum atomic E-state index is -0.803. The van der Waals surface area contributed by atoms with Gasteiger partial charge in [-0.3, -0.25) is 4.79 Å². The zero-order valence-corrected chi connectivity index (χ0v) is 10.0. The fourth-order valence-electron chi connectivity index (χ4n) is 0.933. The van der Waals surface area contributed by atoms with Gasteiger partial charge in [0.25, 0.3) is 0 Å². The summed E-state index contributed by atoms with van der Waals surface area (Å²) in [4.78, 5) is 11.1. The lowest BCUT2D eigenvalue weighted by Crippen LogP contribution is -2.13. The number of anilines is 1. The molecule has 2 nitrogen and oxygen atoms in total. The summed E-state index contributed by atoms with van der Waals surface area (Å²) in [7, 11) is 0. The van der Waals surface area contributed by atoms with Crippen molar-refractivity contribution in [1.82, 2.24) is 0 Å². The van der Waals surface area contributed by atoms with Gasteiger partial charge in [0.1, 0.15) is 11.6 Å². The van der Waals surface area contributed by atoms with Gasteiger partial charge in [0.15, 0.2) is 0 Å². The molecule has 0 saturated heterocycles. The maximum Gasteiger partial charge on any atom is 0.225 e. The minimum Gasteiger partial charge on any atom is -0.324 e. The maximum atomic E-state index is 13.1. The topological polar surface area (TPSA) is 29.1 Å². The van der Waals surface area contributed by atoms with Crippen LogP contribution in [0.25, 0.3) is 0 Å². The molecular weight excluding hydrogens is 288 g/mol. The van der Waals surface area contributed by atoms with Crippen molar-refractivity contribution in [2.24, 2.45) is 0 Å². The van der Waals surface area contributed by atoms with Gasteiger partial charge in [0.05, 0.1) is 10.2 Å². The van der Waals surface area contributed by atoms with Crippen LogP contribution in [0.4, 0.5) is 14.5 Å². The van der Waals surface area contributed by atoms with Crippen molar-refractivity contribution in [3.63, 3.8) is 0 Å². The quantitative estimate of drug-likeness (QED) is 0.651. The van der Waals surface area contributed by atoms with Gasteiger partial charge in [-0.25, -0.2) is 8.78 Å². The summed E-state index contributed by atoms with van der Waals surface area (Å²) in [5.41, 5.74) is -0.0462. The Hall–Kier alpha value is -0.620. The molecule has 0 unspecified atom stereocenters. The standard InChI is InChI=1S/C9H8BrF2NOS/c10-5-3-8(7(12)4-6(5)11)13-9(14)1-2-15/h3-4,15H,1-2H2,(H,13,14). The first kappa shape index (κ1) is 12.4. The number of nitrogens with one attached hydrogen (secondary N) is 1. The van der Waals surface area contributed by atoms with Crippen molar-refractivity contribution in [3.05, 3.63) is 28.2 Å². The van der Waals surface area contributed by atoms with Crippen LogP contribution in [0, 0.1) is 11.6 Å². The number of benzene rings is 1. The summed E-state index contributed by atoms with van der Waals surface area (Å²) >= 11 is 6.77. The number of hydrogen-bond donors (Lipinski definition) is 2. The number of halogens is 3. The number of amides is 1. The molecule has 0 aliphatic carbocycles. The van der Waals surface area contributed by atoms with E-state index in [1.807, 2.05) is 0 Å². The van der Waals surface area contributed by atoms with Crippen LogP contribution in [0.5, 0.6) is 0 Å². The predicted molar refractivity (Wildman–Crippen MR) is 61.2 cm³/mol. The fourth-order valence-corrected chi connectivity index (χ4v) is 1.48. The molecule has 1 N–H and O–H groups in total. The van der Waals surface area contributed by atoms with Crippen LogP contribution in [0.3, 0.4) is 0 Å². The number of carbonyl (C=O) groups is 1. The van der Waals surface area contributed by atoms with Crippen molar-refractivity contribution in [2.75, 3.05) is 11.1 Å². The number of hydrogen-bond acceptors (Lipinski definition) is 2. The van der Waals surface area contributed by atoms with E-state index in [0.29, 0.717) is 11.8 Å². The third kappa shape index (κ3) is 3.46. The third-order valence-corrected chi connectivity index (χ3v) is 2.45. The van der Waals surface area contributed by atoms with Crippen molar-refractivity contribution in [2.45, 2.75) is 6.42 Å². The first-order chi connectivity index (χ1) is 7.04. The number of thiol groups is 1. The highest BCUT2D eigenvalue weighted by molar-refractivity contribution is 9.10. The van der Waals surface area contributed by atoms with Crippen LogP contribution >= 0.6 is 28.6 Å². The summed E-state index contributed by atoms with van der Waals surface area (Å²) < 4.78 is 26.1. The second-order valence-corrected chi connectivity index (χ2v) is 4.07. The van der Waals surface area contributed by atoms with E-state index in [1.54, 1.807) is 0 Å². The molecule has 0 heterocycles. The maximum absolute atomic E-state index is 13.1. The molecule has 0 saturated carbocycles. The average Bonchev–Trinajstić information content (AvgIpc) is 2.14. The molecular formula is C9H8BrF2NOS. The highest BCUT2D eigenvalue weighted by atomic mass is 79.9. The van der Waals surface area contributed by atoms with Gasteiger partial charge in [-0.05, 0) is 27.7 Å². The molecule has 0 spiro atoms. The van der Waals surface area contributed by atoms with Crippen LogP contribution in [0.1, 0.15) is 6.42 Å². The molecule has 0 aliphatic heterocycles. The van der Waals surface area contributed by atoms with E-state index in [4.69, 9.17) is 0 Å². The molecule has 82 valence electrons. The second kappa shape index (κ2) is 5.46. The van der Waals surface area contributed by atoms with Crippen LogP contribution in [0.2, 0.25) is 0 Å². The minimum absolute atomic E-state index is 0.0462. The Morgan fingerprint density at radius 1 is 1.40 bits per heavy atom. The van der Waals surface area contributed by atoms with Crippen molar-refractivity contribution in [1.29, 1.82) is 0 Å². The Morgan fingerprint density at radius 3 is 2.67 bits per heavy atom. The van der Waals surface area contributed by atoms with E-state index >= 15 is 0 Å². The van der Waals surface area contributed by atoms with E-state index in [-0.39, 0.29) is 22.5 Å². The predicted octanol–water partition coefficient (Wildman–Crippen LogP) is 2.99. The molecule has 1 aromatic carbocycles. The van der Waals surface area contributed by atoms with Gasteiger partial charge in [0, 0.05) is 12.5 Å². The van der Waals surface area contributed by atoms with Gasteiger partial charge >= 0.3 is 0 Å². The molecule has 0 fully saturated rings. The zero-order valence-electron chi connectivity index (χ0n) is 7.56. The molecule has 0 bridgehead atoms. The Bertz CT molecular complexity index is 387. The first-order valence-electron chi connectivity index (χ1n) is 4.10. The Morgan fingerprint density at radius 2 is 2.07 bits per heavy atom. The lowest BCUT2D eigenvalue weighted by molar-refractivity contribution is -0.115. The summed E-state index contributed by atoms with van der Waals surface area (Å²) in [6.07, 6.45) is 0.178. The van der Waals surface area contributed by atoms with E-state index in [9.17, 15) is 13.6 Å². The average molecular weight is 296 g/mol. The molecule has 6 heteroatoms. The molecule has 15 heavy (non-hydrogen) atoms. The molecule has 1 rings (SSSR count). The van der Waals surface area contributed by atoms with Crippen LogP contribution in [0.15, 0.2) is 16.6 Å². The van der Waals surface area contributed by atoms with E-state index in [1.165, 1.54) is 6.07 Å². The molecule has 0 aromatic heterocycles. The van der Waals surface area contributed by atoms with Gasteiger partial charge in [-0.2, -0.15) is 12.6 Å². The Labute approximate surface area is 99.6 Å². The monoisotopic (exact) mass is 295 g/mol. The summed E-state index contributed by atoms with van der Waals surface area (Å²) in [5, 5.41) is 2.32. The summed E-state index contributed by atoms with van der Waals surface area (Å²) in [6, 6.07) is 1.89. The third-order valence-electron chi connectivity index (χ3n) is 1.62. The van der Waals surface area contributed by atoms with Crippen LogP contribution in [-0.4, -0.2) is 11.7 Å². The van der Waals surface area contributed by atoms with Crippen molar-refractivity contribution in [3.8, 4) is 0 Å². The largest absolute Gasteiger partial charge is 0.324 e. The lowest BCUT2D eigenvalue weighted by atomic mass is 10.3. The highest BCUT2D eigenvalue weighted by Crippen LogP contribution is 2.23. The van der Waals surface area contributed by atoms with Crippen molar-refractivity contribution >= 4 is 40.2 Å². The smallest absolute Gasteiger partial charge is 0.225 e. The van der Waals surface area contributed by atoms with E-state index < -0.39 is 11.6 Å². The summed E-state index contributed by atoms with van der Waals surface area (Å²) in [6.45, 7) is 0.